The standard InChI is InChI=1S/C17H21N3/c1-2-5-13-10-14(8-7-12(13)4-1)16-11-17(20-19-16)15-6-3-9-18-15/h7-8,10-11,15,18H,1-6,9H2,(H,19,20). The second-order valence-electron chi connectivity index (χ2n) is 6.05. The first kappa shape index (κ1) is 12.2. The molecular formula is C17H21N3. The topological polar surface area (TPSA) is 40.7 Å². The van der Waals surface area contributed by atoms with Gasteiger partial charge in [0.05, 0.1) is 11.4 Å². The maximum Gasteiger partial charge on any atom is 0.0924 e. The van der Waals surface area contributed by atoms with Crippen molar-refractivity contribution in [3.8, 4) is 11.3 Å². The predicted molar refractivity (Wildman–Crippen MR) is 80.6 cm³/mol. The molecule has 1 aliphatic carbocycles. The number of hydrogen-bond acceptors (Lipinski definition) is 2. The van der Waals surface area contributed by atoms with Crippen LogP contribution in [0.15, 0.2) is 24.3 Å². The molecule has 2 N–H and O–H groups in total. The van der Waals surface area contributed by atoms with Gasteiger partial charge in [-0.05, 0) is 68.3 Å². The number of fused-ring (bicyclic) bond motifs is 1. The average molecular weight is 267 g/mol. The van der Waals surface area contributed by atoms with Gasteiger partial charge in [-0.3, -0.25) is 5.10 Å². The van der Waals surface area contributed by atoms with E-state index in [4.69, 9.17) is 0 Å². The molecule has 2 aliphatic rings. The summed E-state index contributed by atoms with van der Waals surface area (Å²) in [6.45, 7) is 1.12. The molecule has 1 aromatic carbocycles. The Morgan fingerprint density at radius 3 is 2.75 bits per heavy atom. The van der Waals surface area contributed by atoms with E-state index in [0.717, 1.165) is 12.2 Å². The Kier molecular flexibility index (Phi) is 3.07. The normalized spacial score (nSPS) is 21.9. The van der Waals surface area contributed by atoms with Crippen LogP contribution in [0, 0.1) is 0 Å². The third kappa shape index (κ3) is 2.16. The molecule has 4 rings (SSSR count). The molecule has 0 bridgehead atoms. The lowest BCUT2D eigenvalue weighted by Gasteiger charge is -2.15. The monoisotopic (exact) mass is 267 g/mol. The van der Waals surface area contributed by atoms with Gasteiger partial charge in [0.25, 0.3) is 0 Å². The molecule has 1 aliphatic heterocycles. The first-order chi connectivity index (χ1) is 9.90. The summed E-state index contributed by atoms with van der Waals surface area (Å²) in [5.41, 5.74) is 6.63. The highest BCUT2D eigenvalue weighted by atomic mass is 15.1. The van der Waals surface area contributed by atoms with Crippen LogP contribution in [-0.2, 0) is 12.8 Å². The number of hydrogen-bond donors (Lipinski definition) is 2. The fourth-order valence-corrected chi connectivity index (χ4v) is 3.51. The van der Waals surface area contributed by atoms with Crippen LogP contribution < -0.4 is 5.32 Å². The zero-order chi connectivity index (χ0) is 13.4. The van der Waals surface area contributed by atoms with E-state index in [1.165, 1.54) is 60.9 Å². The third-order valence-corrected chi connectivity index (χ3v) is 4.68. The van der Waals surface area contributed by atoms with Gasteiger partial charge in [0, 0.05) is 11.6 Å². The van der Waals surface area contributed by atoms with Gasteiger partial charge in [-0.15, -0.1) is 0 Å². The Morgan fingerprint density at radius 1 is 1.00 bits per heavy atom. The molecule has 3 heteroatoms. The lowest BCUT2D eigenvalue weighted by Crippen LogP contribution is -2.12. The fraction of sp³-hybridized carbons (Fsp3) is 0.471. The minimum absolute atomic E-state index is 0.467. The summed E-state index contributed by atoms with van der Waals surface area (Å²) in [4.78, 5) is 0. The highest BCUT2D eigenvalue weighted by molar-refractivity contribution is 5.61. The van der Waals surface area contributed by atoms with E-state index in [-0.39, 0.29) is 0 Å². The Labute approximate surface area is 119 Å². The molecule has 1 saturated heterocycles. The second-order valence-corrected chi connectivity index (χ2v) is 6.05. The van der Waals surface area contributed by atoms with E-state index in [0.29, 0.717) is 6.04 Å². The van der Waals surface area contributed by atoms with Crippen LogP contribution in [0.1, 0.15) is 48.5 Å². The number of benzene rings is 1. The van der Waals surface area contributed by atoms with Crippen LogP contribution in [0.25, 0.3) is 11.3 Å². The summed E-state index contributed by atoms with van der Waals surface area (Å²) in [7, 11) is 0. The molecule has 104 valence electrons. The van der Waals surface area contributed by atoms with Crippen molar-refractivity contribution in [1.82, 2.24) is 15.5 Å². The van der Waals surface area contributed by atoms with E-state index in [2.05, 4.69) is 39.8 Å². The molecule has 1 fully saturated rings. The molecule has 2 heterocycles. The van der Waals surface area contributed by atoms with Crippen molar-refractivity contribution in [2.45, 2.75) is 44.6 Å². The summed E-state index contributed by atoms with van der Waals surface area (Å²) in [5, 5.41) is 11.2. The molecule has 0 saturated carbocycles. The Bertz CT molecular complexity index is 608. The van der Waals surface area contributed by atoms with Crippen molar-refractivity contribution in [1.29, 1.82) is 0 Å². The zero-order valence-electron chi connectivity index (χ0n) is 11.8. The predicted octanol–water partition coefficient (Wildman–Crippen LogP) is 3.38. The SMILES string of the molecule is c1cc2c(cc1-c1cc(C3CCCN3)[nH]n1)CCCC2. The van der Waals surface area contributed by atoms with E-state index >= 15 is 0 Å². The van der Waals surface area contributed by atoms with Crippen molar-refractivity contribution in [3.05, 3.63) is 41.1 Å². The molecule has 1 atom stereocenters. The summed E-state index contributed by atoms with van der Waals surface area (Å²) >= 11 is 0. The van der Waals surface area contributed by atoms with Gasteiger partial charge >= 0.3 is 0 Å². The molecule has 20 heavy (non-hydrogen) atoms. The summed E-state index contributed by atoms with van der Waals surface area (Å²) < 4.78 is 0. The molecule has 0 radical (unpaired) electrons. The molecular weight excluding hydrogens is 246 g/mol. The van der Waals surface area contributed by atoms with Gasteiger partial charge in [0.1, 0.15) is 0 Å². The number of H-pyrrole nitrogens is 1. The van der Waals surface area contributed by atoms with Gasteiger partial charge in [-0.25, -0.2) is 0 Å². The van der Waals surface area contributed by atoms with Gasteiger partial charge in [-0.1, -0.05) is 12.1 Å². The lowest BCUT2D eigenvalue weighted by molar-refractivity contribution is 0.625. The largest absolute Gasteiger partial charge is 0.309 e. The van der Waals surface area contributed by atoms with Crippen LogP contribution in [0.2, 0.25) is 0 Å². The Hall–Kier alpha value is -1.61. The first-order valence-corrected chi connectivity index (χ1v) is 7.81. The molecule has 2 aromatic rings. The van der Waals surface area contributed by atoms with E-state index in [1.54, 1.807) is 0 Å². The van der Waals surface area contributed by atoms with Crippen LogP contribution in [0.5, 0.6) is 0 Å². The number of nitrogens with one attached hydrogen (secondary N) is 2. The molecule has 0 amide bonds. The van der Waals surface area contributed by atoms with Crippen LogP contribution in [-0.4, -0.2) is 16.7 Å². The first-order valence-electron chi connectivity index (χ1n) is 7.81. The van der Waals surface area contributed by atoms with Crippen LogP contribution in [0.3, 0.4) is 0 Å². The highest BCUT2D eigenvalue weighted by Crippen LogP contribution is 2.29. The Morgan fingerprint density at radius 2 is 1.90 bits per heavy atom. The minimum Gasteiger partial charge on any atom is -0.309 e. The number of aryl methyl sites for hydroxylation is 2. The van der Waals surface area contributed by atoms with Crippen LogP contribution in [0.4, 0.5) is 0 Å². The lowest BCUT2D eigenvalue weighted by atomic mass is 9.90. The van der Waals surface area contributed by atoms with E-state index < -0.39 is 0 Å². The van der Waals surface area contributed by atoms with Crippen LogP contribution >= 0.6 is 0 Å². The second kappa shape index (κ2) is 5.06. The summed E-state index contributed by atoms with van der Waals surface area (Å²) in [6.07, 6.45) is 7.61. The van der Waals surface area contributed by atoms with Crippen molar-refractivity contribution < 1.29 is 0 Å². The highest BCUT2D eigenvalue weighted by Gasteiger charge is 2.19. The number of nitrogens with zero attached hydrogens (tertiary/aromatic N) is 1. The number of rotatable bonds is 2. The maximum atomic E-state index is 4.51. The van der Waals surface area contributed by atoms with E-state index in [1.807, 2.05) is 0 Å². The smallest absolute Gasteiger partial charge is 0.0924 e. The van der Waals surface area contributed by atoms with Gasteiger partial charge in [0.15, 0.2) is 0 Å². The number of aromatic amines is 1. The molecule has 0 spiro atoms. The summed E-state index contributed by atoms with van der Waals surface area (Å²) in [5.74, 6) is 0. The Balaban J connectivity index is 1.63. The minimum atomic E-state index is 0.467. The number of aromatic nitrogens is 2. The molecule has 1 unspecified atom stereocenters. The average Bonchev–Trinajstić information content (AvgIpc) is 3.17. The maximum absolute atomic E-state index is 4.51. The van der Waals surface area contributed by atoms with E-state index in [9.17, 15) is 0 Å². The summed E-state index contributed by atoms with van der Waals surface area (Å²) in [6, 6.07) is 9.55. The van der Waals surface area contributed by atoms with Crippen molar-refractivity contribution in [2.24, 2.45) is 0 Å². The quantitative estimate of drug-likeness (QED) is 0.875. The molecule has 1 aromatic heterocycles. The van der Waals surface area contributed by atoms with Crippen molar-refractivity contribution in [3.63, 3.8) is 0 Å². The fourth-order valence-electron chi connectivity index (χ4n) is 3.51. The van der Waals surface area contributed by atoms with Gasteiger partial charge in [0.2, 0.25) is 0 Å². The van der Waals surface area contributed by atoms with Gasteiger partial charge < -0.3 is 5.32 Å². The third-order valence-electron chi connectivity index (χ3n) is 4.68. The van der Waals surface area contributed by atoms with Gasteiger partial charge in [-0.2, -0.15) is 5.10 Å². The molecule has 3 nitrogen and oxygen atoms in total. The van der Waals surface area contributed by atoms with Crippen molar-refractivity contribution >= 4 is 0 Å². The zero-order valence-corrected chi connectivity index (χ0v) is 11.8. The van der Waals surface area contributed by atoms with Crippen molar-refractivity contribution in [2.75, 3.05) is 6.54 Å².